The van der Waals surface area contributed by atoms with E-state index >= 15 is 0 Å². The molecule has 0 spiro atoms. The van der Waals surface area contributed by atoms with E-state index in [2.05, 4.69) is 20.3 Å². The first-order chi connectivity index (χ1) is 8.79. The number of rotatable bonds is 2. The molecular weight excluding hydrogens is 246 g/mol. The predicted octanol–water partition coefficient (Wildman–Crippen LogP) is 3.07. The lowest BCUT2D eigenvalue weighted by atomic mass is 10.2. The molecule has 0 bridgehead atoms. The second kappa shape index (κ2) is 4.34. The lowest BCUT2D eigenvalue weighted by molar-refractivity contribution is 0.404. The van der Waals surface area contributed by atoms with Crippen molar-refractivity contribution >= 4 is 21.6 Å². The smallest absolute Gasteiger partial charge is 0.235 e. The largest absolute Gasteiger partial charge is 0.480 e. The fraction of sp³-hybridized carbons (Fsp3) is 0.154. The summed E-state index contributed by atoms with van der Waals surface area (Å²) in [7, 11) is 1.63. The molecule has 0 aliphatic rings. The van der Waals surface area contributed by atoms with Crippen LogP contribution in [0, 0.1) is 6.92 Å². The molecule has 0 aliphatic carbocycles. The molecule has 0 radical (unpaired) electrons. The van der Waals surface area contributed by atoms with Crippen LogP contribution in [0.1, 0.15) is 5.56 Å². The Morgan fingerprint density at radius 3 is 2.67 bits per heavy atom. The summed E-state index contributed by atoms with van der Waals surface area (Å²) in [4.78, 5) is 13.1. The van der Waals surface area contributed by atoms with Gasteiger partial charge in [-0.05, 0) is 30.0 Å². The molecule has 0 saturated heterocycles. The van der Waals surface area contributed by atoms with Crippen LogP contribution in [0.15, 0.2) is 29.9 Å². The van der Waals surface area contributed by atoms with Gasteiger partial charge in [-0.15, -0.1) is 11.3 Å². The van der Waals surface area contributed by atoms with Gasteiger partial charge in [0, 0.05) is 18.0 Å². The maximum Gasteiger partial charge on any atom is 0.235 e. The molecular formula is C13H11N3OS. The lowest BCUT2D eigenvalue weighted by Gasteiger charge is -2.04. The second-order valence-corrected chi connectivity index (χ2v) is 4.77. The SMILES string of the molecule is COc1nc(-c2ccncc2)nc2c(C)csc12. The highest BCUT2D eigenvalue weighted by Gasteiger charge is 2.12. The first kappa shape index (κ1) is 11.1. The predicted molar refractivity (Wildman–Crippen MR) is 71.9 cm³/mol. The van der Waals surface area contributed by atoms with Crippen molar-refractivity contribution in [1.29, 1.82) is 0 Å². The highest BCUT2D eigenvalue weighted by atomic mass is 32.1. The molecule has 0 aromatic carbocycles. The van der Waals surface area contributed by atoms with E-state index in [0.29, 0.717) is 11.7 Å². The van der Waals surface area contributed by atoms with Crippen molar-refractivity contribution in [2.45, 2.75) is 6.92 Å². The number of ether oxygens (including phenoxy) is 1. The van der Waals surface area contributed by atoms with Crippen LogP contribution in [0.25, 0.3) is 21.6 Å². The number of aryl methyl sites for hydroxylation is 1. The number of aromatic nitrogens is 3. The summed E-state index contributed by atoms with van der Waals surface area (Å²) in [5.41, 5.74) is 3.04. The van der Waals surface area contributed by atoms with Crippen LogP contribution in [0.4, 0.5) is 0 Å². The maximum atomic E-state index is 5.35. The fourth-order valence-electron chi connectivity index (χ4n) is 1.77. The number of hydrogen-bond acceptors (Lipinski definition) is 5. The molecule has 0 unspecified atom stereocenters. The van der Waals surface area contributed by atoms with Crippen LogP contribution in [0.5, 0.6) is 5.88 Å². The minimum atomic E-state index is 0.630. The van der Waals surface area contributed by atoms with Gasteiger partial charge in [0.05, 0.1) is 12.6 Å². The van der Waals surface area contributed by atoms with Crippen LogP contribution in [-0.4, -0.2) is 22.1 Å². The van der Waals surface area contributed by atoms with E-state index in [1.54, 1.807) is 30.8 Å². The Bertz CT molecular complexity index is 694. The monoisotopic (exact) mass is 257 g/mol. The molecule has 3 aromatic rings. The Labute approximate surface area is 108 Å². The third-order valence-electron chi connectivity index (χ3n) is 2.69. The zero-order valence-corrected chi connectivity index (χ0v) is 10.9. The summed E-state index contributed by atoms with van der Waals surface area (Å²) in [5, 5.41) is 2.07. The molecule has 5 heteroatoms. The van der Waals surface area contributed by atoms with Crippen molar-refractivity contribution in [3.63, 3.8) is 0 Å². The molecule has 0 fully saturated rings. The summed E-state index contributed by atoms with van der Waals surface area (Å²) in [6, 6.07) is 3.78. The maximum absolute atomic E-state index is 5.35. The third kappa shape index (κ3) is 1.73. The van der Waals surface area contributed by atoms with Gasteiger partial charge >= 0.3 is 0 Å². The van der Waals surface area contributed by atoms with E-state index in [1.165, 1.54) is 0 Å². The lowest BCUT2D eigenvalue weighted by Crippen LogP contribution is -1.94. The Hall–Kier alpha value is -2.01. The van der Waals surface area contributed by atoms with Gasteiger partial charge in [0.1, 0.15) is 4.70 Å². The fourth-order valence-corrected chi connectivity index (χ4v) is 2.73. The highest BCUT2D eigenvalue weighted by molar-refractivity contribution is 7.17. The number of nitrogens with zero attached hydrogens (tertiary/aromatic N) is 3. The number of hydrogen-bond donors (Lipinski definition) is 0. The molecule has 0 saturated carbocycles. The van der Waals surface area contributed by atoms with Crippen molar-refractivity contribution in [1.82, 2.24) is 15.0 Å². The van der Waals surface area contributed by atoms with Gasteiger partial charge in [0.15, 0.2) is 5.82 Å². The Morgan fingerprint density at radius 2 is 1.94 bits per heavy atom. The normalized spacial score (nSPS) is 10.8. The zero-order valence-electron chi connectivity index (χ0n) is 10.0. The Kier molecular flexibility index (Phi) is 2.68. The molecule has 0 amide bonds. The quantitative estimate of drug-likeness (QED) is 0.708. The molecule has 3 rings (SSSR count). The summed E-state index contributed by atoms with van der Waals surface area (Å²) >= 11 is 1.61. The molecule has 3 heterocycles. The Morgan fingerprint density at radius 1 is 1.17 bits per heavy atom. The standard InChI is InChI=1S/C13H11N3OS/c1-8-7-18-11-10(8)15-12(16-13(11)17-2)9-3-5-14-6-4-9/h3-7H,1-2H3. The van der Waals surface area contributed by atoms with Crippen LogP contribution >= 0.6 is 11.3 Å². The van der Waals surface area contributed by atoms with Gasteiger partial charge in [-0.1, -0.05) is 0 Å². The Balaban J connectivity index is 2.28. The van der Waals surface area contributed by atoms with E-state index in [4.69, 9.17) is 4.74 Å². The van der Waals surface area contributed by atoms with Crippen molar-refractivity contribution < 1.29 is 4.74 Å². The number of methoxy groups -OCH3 is 1. The van der Waals surface area contributed by atoms with Crippen molar-refractivity contribution in [2.75, 3.05) is 7.11 Å². The average molecular weight is 257 g/mol. The molecule has 4 nitrogen and oxygen atoms in total. The molecule has 3 aromatic heterocycles. The molecule has 0 N–H and O–H groups in total. The zero-order chi connectivity index (χ0) is 12.5. The van der Waals surface area contributed by atoms with Crippen LogP contribution in [-0.2, 0) is 0 Å². The molecule has 90 valence electrons. The van der Waals surface area contributed by atoms with Gasteiger partial charge in [-0.2, -0.15) is 4.98 Å². The minimum Gasteiger partial charge on any atom is -0.480 e. The van der Waals surface area contributed by atoms with Crippen LogP contribution in [0.2, 0.25) is 0 Å². The number of thiophene rings is 1. The van der Waals surface area contributed by atoms with Crippen molar-refractivity contribution in [2.24, 2.45) is 0 Å². The van der Waals surface area contributed by atoms with Gasteiger partial charge in [-0.25, -0.2) is 4.98 Å². The minimum absolute atomic E-state index is 0.630. The summed E-state index contributed by atoms with van der Waals surface area (Å²) < 4.78 is 6.34. The molecule has 18 heavy (non-hydrogen) atoms. The van der Waals surface area contributed by atoms with E-state index in [1.807, 2.05) is 19.1 Å². The van der Waals surface area contributed by atoms with E-state index in [-0.39, 0.29) is 0 Å². The van der Waals surface area contributed by atoms with Crippen molar-refractivity contribution in [3.05, 3.63) is 35.5 Å². The van der Waals surface area contributed by atoms with Crippen LogP contribution < -0.4 is 4.74 Å². The first-order valence-corrected chi connectivity index (χ1v) is 6.38. The van der Waals surface area contributed by atoms with Crippen molar-refractivity contribution in [3.8, 4) is 17.3 Å². The average Bonchev–Trinajstić information content (AvgIpc) is 2.81. The molecule has 0 aliphatic heterocycles. The second-order valence-electron chi connectivity index (χ2n) is 3.89. The van der Waals surface area contributed by atoms with Gasteiger partial charge in [0.25, 0.3) is 0 Å². The third-order valence-corrected chi connectivity index (χ3v) is 3.77. The number of fused-ring (bicyclic) bond motifs is 1. The summed E-state index contributed by atoms with van der Waals surface area (Å²) in [6.45, 7) is 2.04. The topological polar surface area (TPSA) is 47.9 Å². The number of pyridine rings is 1. The van der Waals surface area contributed by atoms with Gasteiger partial charge < -0.3 is 4.74 Å². The van der Waals surface area contributed by atoms with E-state index < -0.39 is 0 Å². The first-order valence-electron chi connectivity index (χ1n) is 5.50. The summed E-state index contributed by atoms with van der Waals surface area (Å²) in [5.74, 6) is 1.30. The van der Waals surface area contributed by atoms with Crippen LogP contribution in [0.3, 0.4) is 0 Å². The summed E-state index contributed by atoms with van der Waals surface area (Å²) in [6.07, 6.45) is 3.46. The molecule has 0 atom stereocenters. The van der Waals surface area contributed by atoms with Gasteiger partial charge in [0.2, 0.25) is 5.88 Å². The van der Waals surface area contributed by atoms with Gasteiger partial charge in [-0.3, -0.25) is 4.98 Å². The van der Waals surface area contributed by atoms with E-state index in [9.17, 15) is 0 Å². The van der Waals surface area contributed by atoms with E-state index in [0.717, 1.165) is 21.3 Å². The highest BCUT2D eigenvalue weighted by Crippen LogP contribution is 2.32.